The SMILES string of the molecule is CC1CCN(CCOc2ccc(CN)cc2)C1. The molecule has 94 valence electrons. The van der Waals surface area contributed by atoms with Crippen molar-refractivity contribution in [3.05, 3.63) is 29.8 Å². The lowest BCUT2D eigenvalue weighted by molar-refractivity contribution is 0.234. The van der Waals surface area contributed by atoms with Crippen LogP contribution in [0.25, 0.3) is 0 Å². The van der Waals surface area contributed by atoms with Crippen molar-refractivity contribution in [2.45, 2.75) is 19.9 Å². The highest BCUT2D eigenvalue weighted by Crippen LogP contribution is 2.15. The standard InChI is InChI=1S/C14H22N2O/c1-12-6-7-16(11-12)8-9-17-14-4-2-13(10-15)3-5-14/h2-5,12H,6-11,15H2,1H3. The maximum Gasteiger partial charge on any atom is 0.119 e. The molecule has 0 saturated carbocycles. The Bertz CT molecular complexity index is 337. The fourth-order valence-electron chi connectivity index (χ4n) is 2.24. The van der Waals surface area contributed by atoms with Crippen molar-refractivity contribution in [1.29, 1.82) is 0 Å². The number of hydrogen-bond donors (Lipinski definition) is 1. The second-order valence-corrected chi connectivity index (χ2v) is 4.89. The number of nitrogens with zero attached hydrogens (tertiary/aromatic N) is 1. The van der Waals surface area contributed by atoms with Gasteiger partial charge >= 0.3 is 0 Å². The quantitative estimate of drug-likeness (QED) is 0.845. The predicted molar refractivity (Wildman–Crippen MR) is 70.0 cm³/mol. The molecule has 1 atom stereocenters. The number of hydrogen-bond acceptors (Lipinski definition) is 3. The van der Waals surface area contributed by atoms with Crippen LogP contribution in [-0.4, -0.2) is 31.1 Å². The van der Waals surface area contributed by atoms with Crippen molar-refractivity contribution in [3.8, 4) is 5.75 Å². The molecule has 0 spiro atoms. The minimum absolute atomic E-state index is 0.589. The molecular weight excluding hydrogens is 212 g/mol. The normalized spacial score (nSPS) is 20.7. The predicted octanol–water partition coefficient (Wildman–Crippen LogP) is 1.87. The van der Waals surface area contributed by atoms with Crippen LogP contribution in [0.1, 0.15) is 18.9 Å². The third-order valence-corrected chi connectivity index (χ3v) is 3.34. The first-order valence-electron chi connectivity index (χ1n) is 6.42. The molecule has 0 aliphatic carbocycles. The summed E-state index contributed by atoms with van der Waals surface area (Å²) in [5, 5.41) is 0. The van der Waals surface area contributed by atoms with Gasteiger partial charge in [0, 0.05) is 19.6 Å². The van der Waals surface area contributed by atoms with Gasteiger partial charge < -0.3 is 10.5 Å². The molecule has 0 aromatic heterocycles. The van der Waals surface area contributed by atoms with E-state index in [0.717, 1.165) is 30.4 Å². The van der Waals surface area contributed by atoms with Crippen molar-refractivity contribution in [2.24, 2.45) is 11.7 Å². The Kier molecular flexibility index (Phi) is 4.40. The molecule has 17 heavy (non-hydrogen) atoms. The summed E-state index contributed by atoms with van der Waals surface area (Å²) >= 11 is 0. The van der Waals surface area contributed by atoms with Gasteiger partial charge in [-0.15, -0.1) is 0 Å². The zero-order valence-electron chi connectivity index (χ0n) is 10.6. The third-order valence-electron chi connectivity index (χ3n) is 3.34. The number of nitrogens with two attached hydrogens (primary N) is 1. The second kappa shape index (κ2) is 6.03. The number of benzene rings is 1. The first kappa shape index (κ1) is 12.4. The van der Waals surface area contributed by atoms with Gasteiger partial charge in [0.2, 0.25) is 0 Å². The summed E-state index contributed by atoms with van der Waals surface area (Å²) in [5.74, 6) is 1.79. The van der Waals surface area contributed by atoms with Gasteiger partial charge in [0.15, 0.2) is 0 Å². The minimum Gasteiger partial charge on any atom is -0.492 e. The fourth-order valence-corrected chi connectivity index (χ4v) is 2.24. The van der Waals surface area contributed by atoms with E-state index in [0.29, 0.717) is 6.54 Å². The molecule has 0 radical (unpaired) electrons. The van der Waals surface area contributed by atoms with Gasteiger partial charge in [-0.1, -0.05) is 19.1 Å². The average Bonchev–Trinajstić information content (AvgIpc) is 2.76. The maximum absolute atomic E-state index is 5.72. The smallest absolute Gasteiger partial charge is 0.119 e. The maximum atomic E-state index is 5.72. The number of rotatable bonds is 5. The van der Waals surface area contributed by atoms with Crippen LogP contribution in [0.4, 0.5) is 0 Å². The lowest BCUT2D eigenvalue weighted by atomic mass is 10.2. The summed E-state index contributed by atoms with van der Waals surface area (Å²) in [7, 11) is 0. The molecule has 1 aromatic rings. The zero-order chi connectivity index (χ0) is 12.1. The molecular formula is C14H22N2O. The molecule has 2 rings (SSSR count). The molecule has 0 bridgehead atoms. The minimum atomic E-state index is 0.589. The third kappa shape index (κ3) is 3.72. The van der Waals surface area contributed by atoms with E-state index < -0.39 is 0 Å². The van der Waals surface area contributed by atoms with Crippen LogP contribution in [0.2, 0.25) is 0 Å². The topological polar surface area (TPSA) is 38.5 Å². The van der Waals surface area contributed by atoms with Gasteiger partial charge in [-0.3, -0.25) is 4.90 Å². The molecule has 0 amide bonds. The van der Waals surface area contributed by atoms with Gasteiger partial charge in [0.1, 0.15) is 12.4 Å². The van der Waals surface area contributed by atoms with E-state index in [1.165, 1.54) is 19.5 Å². The van der Waals surface area contributed by atoms with Crippen molar-refractivity contribution < 1.29 is 4.74 Å². The van der Waals surface area contributed by atoms with E-state index in [-0.39, 0.29) is 0 Å². The Balaban J connectivity index is 1.70. The molecule has 1 unspecified atom stereocenters. The molecule has 1 fully saturated rings. The van der Waals surface area contributed by atoms with E-state index in [1.54, 1.807) is 0 Å². The van der Waals surface area contributed by atoms with Crippen LogP contribution in [-0.2, 0) is 6.54 Å². The molecule has 3 heteroatoms. The van der Waals surface area contributed by atoms with Crippen molar-refractivity contribution >= 4 is 0 Å². The first-order valence-corrected chi connectivity index (χ1v) is 6.42. The van der Waals surface area contributed by atoms with Crippen LogP contribution >= 0.6 is 0 Å². The molecule has 1 aliphatic rings. The highest BCUT2D eigenvalue weighted by molar-refractivity contribution is 5.27. The van der Waals surface area contributed by atoms with Crippen LogP contribution < -0.4 is 10.5 Å². The summed E-state index contributed by atoms with van der Waals surface area (Å²) in [4.78, 5) is 2.47. The number of ether oxygens (including phenoxy) is 1. The summed E-state index contributed by atoms with van der Waals surface area (Å²) in [5.41, 5.74) is 6.69. The summed E-state index contributed by atoms with van der Waals surface area (Å²) in [6.07, 6.45) is 1.32. The molecule has 1 heterocycles. The monoisotopic (exact) mass is 234 g/mol. The highest BCUT2D eigenvalue weighted by atomic mass is 16.5. The Morgan fingerprint density at radius 1 is 1.35 bits per heavy atom. The number of likely N-dealkylation sites (tertiary alicyclic amines) is 1. The zero-order valence-corrected chi connectivity index (χ0v) is 10.6. The molecule has 1 aliphatic heterocycles. The summed E-state index contributed by atoms with van der Waals surface area (Å²) in [6.45, 7) is 7.14. The van der Waals surface area contributed by atoms with Crippen molar-refractivity contribution in [2.75, 3.05) is 26.2 Å². The van der Waals surface area contributed by atoms with E-state index in [9.17, 15) is 0 Å². The van der Waals surface area contributed by atoms with Crippen LogP contribution in [0.5, 0.6) is 5.75 Å². The van der Waals surface area contributed by atoms with Gasteiger partial charge in [-0.05, 0) is 36.6 Å². The summed E-state index contributed by atoms with van der Waals surface area (Å²) < 4.78 is 5.72. The largest absolute Gasteiger partial charge is 0.492 e. The second-order valence-electron chi connectivity index (χ2n) is 4.89. The van der Waals surface area contributed by atoms with E-state index in [1.807, 2.05) is 24.3 Å². The molecule has 2 N–H and O–H groups in total. The van der Waals surface area contributed by atoms with Gasteiger partial charge in [-0.25, -0.2) is 0 Å². The first-order chi connectivity index (χ1) is 8.28. The molecule has 1 aromatic carbocycles. The van der Waals surface area contributed by atoms with E-state index in [4.69, 9.17) is 10.5 Å². The lowest BCUT2D eigenvalue weighted by Gasteiger charge is -2.15. The van der Waals surface area contributed by atoms with Crippen LogP contribution in [0, 0.1) is 5.92 Å². The Morgan fingerprint density at radius 3 is 2.71 bits per heavy atom. The Labute approximate surface area is 104 Å². The van der Waals surface area contributed by atoms with Gasteiger partial charge in [0.25, 0.3) is 0 Å². The van der Waals surface area contributed by atoms with E-state index >= 15 is 0 Å². The van der Waals surface area contributed by atoms with Gasteiger partial charge in [-0.2, -0.15) is 0 Å². The van der Waals surface area contributed by atoms with Crippen LogP contribution in [0.15, 0.2) is 24.3 Å². The Hall–Kier alpha value is -1.06. The van der Waals surface area contributed by atoms with E-state index in [2.05, 4.69) is 11.8 Å². The highest BCUT2D eigenvalue weighted by Gasteiger charge is 2.17. The average molecular weight is 234 g/mol. The fraction of sp³-hybridized carbons (Fsp3) is 0.571. The van der Waals surface area contributed by atoms with Crippen molar-refractivity contribution in [1.82, 2.24) is 4.90 Å². The summed E-state index contributed by atoms with van der Waals surface area (Å²) in [6, 6.07) is 8.03. The molecule has 3 nitrogen and oxygen atoms in total. The van der Waals surface area contributed by atoms with Gasteiger partial charge in [0.05, 0.1) is 0 Å². The lowest BCUT2D eigenvalue weighted by Crippen LogP contribution is -2.25. The van der Waals surface area contributed by atoms with Crippen LogP contribution in [0.3, 0.4) is 0 Å². The molecule has 1 saturated heterocycles. The van der Waals surface area contributed by atoms with Crippen molar-refractivity contribution in [3.63, 3.8) is 0 Å². The Morgan fingerprint density at radius 2 is 2.12 bits per heavy atom.